The maximum Gasteiger partial charge on any atom is 0.332 e. The van der Waals surface area contributed by atoms with Gasteiger partial charge in [0.05, 0.1) is 13.2 Å². The summed E-state index contributed by atoms with van der Waals surface area (Å²) in [7, 11) is 1.47. The smallest absolute Gasteiger partial charge is 0.332 e. The Morgan fingerprint density at radius 1 is 1.33 bits per heavy atom. The molecule has 0 aliphatic rings. The first-order valence-electron chi connectivity index (χ1n) is 5.35. The van der Waals surface area contributed by atoms with Crippen molar-refractivity contribution in [1.82, 2.24) is 0 Å². The van der Waals surface area contributed by atoms with Crippen molar-refractivity contribution in [2.24, 2.45) is 0 Å². The molecule has 0 bridgehead atoms. The Bertz CT molecular complexity index is 229. The minimum atomic E-state index is -0.984. The molecular formula is C12H20O3. The molecule has 3 nitrogen and oxygen atoms in total. The van der Waals surface area contributed by atoms with E-state index >= 15 is 0 Å². The lowest BCUT2D eigenvalue weighted by atomic mass is 10.1. The van der Waals surface area contributed by atoms with Gasteiger partial charge in [0.25, 0.3) is 0 Å². The number of carboxylic acids is 1. The number of allylic oxidation sites excluding steroid dienone is 2. The van der Waals surface area contributed by atoms with Crippen LogP contribution in [0.2, 0.25) is 0 Å². The fourth-order valence-corrected chi connectivity index (χ4v) is 1.19. The summed E-state index contributed by atoms with van der Waals surface area (Å²) >= 11 is 0. The number of aliphatic carboxylic acids is 1. The van der Waals surface area contributed by atoms with E-state index in [1.165, 1.54) is 26.4 Å². The zero-order valence-electron chi connectivity index (χ0n) is 9.53. The Morgan fingerprint density at radius 2 is 2.07 bits per heavy atom. The zero-order valence-corrected chi connectivity index (χ0v) is 9.53. The first kappa shape index (κ1) is 13.8. The van der Waals surface area contributed by atoms with Crippen LogP contribution in [0.4, 0.5) is 0 Å². The number of carbonyl (C=O) groups is 1. The number of rotatable bonds is 8. The zero-order chi connectivity index (χ0) is 11.5. The summed E-state index contributed by atoms with van der Waals surface area (Å²) in [6.45, 7) is 2.18. The molecule has 1 N–H and O–H groups in total. The van der Waals surface area contributed by atoms with E-state index in [1.807, 2.05) is 6.08 Å². The monoisotopic (exact) mass is 212 g/mol. The molecule has 0 aromatic carbocycles. The summed E-state index contributed by atoms with van der Waals surface area (Å²) in [5.74, 6) is -0.597. The predicted molar refractivity (Wildman–Crippen MR) is 60.6 cm³/mol. The normalized spacial score (nSPS) is 12.0. The van der Waals surface area contributed by atoms with Crippen molar-refractivity contribution in [3.63, 3.8) is 0 Å². The average Bonchev–Trinajstić information content (AvgIpc) is 2.20. The number of hydrogen-bond donors (Lipinski definition) is 1. The molecule has 0 saturated heterocycles. The molecule has 0 aromatic heterocycles. The number of hydrogen-bond acceptors (Lipinski definition) is 2. The van der Waals surface area contributed by atoms with Crippen LogP contribution in [0.1, 0.15) is 39.0 Å². The molecule has 0 spiro atoms. The Hall–Kier alpha value is -1.25. The predicted octanol–water partition coefficient (Wildman–Crippen LogP) is 3.13. The topological polar surface area (TPSA) is 46.5 Å². The second kappa shape index (κ2) is 9.31. The lowest BCUT2D eigenvalue weighted by Crippen LogP contribution is -1.92. The van der Waals surface area contributed by atoms with Crippen molar-refractivity contribution in [1.29, 1.82) is 0 Å². The van der Waals surface area contributed by atoms with Crippen molar-refractivity contribution in [2.75, 3.05) is 7.11 Å². The van der Waals surface area contributed by atoms with E-state index in [2.05, 4.69) is 6.92 Å². The minimum Gasteiger partial charge on any atom is -0.497 e. The van der Waals surface area contributed by atoms with E-state index in [0.717, 1.165) is 18.9 Å². The highest BCUT2D eigenvalue weighted by Crippen LogP contribution is 2.05. The maximum atomic E-state index is 10.4. The summed E-state index contributed by atoms with van der Waals surface area (Å²) in [4.78, 5) is 10.4. The first-order valence-corrected chi connectivity index (χ1v) is 5.35. The molecule has 0 aromatic rings. The van der Waals surface area contributed by atoms with Crippen LogP contribution in [0.15, 0.2) is 24.0 Å². The highest BCUT2D eigenvalue weighted by Gasteiger charge is 1.94. The molecule has 0 amide bonds. The van der Waals surface area contributed by atoms with Crippen LogP contribution in [-0.4, -0.2) is 18.2 Å². The lowest BCUT2D eigenvalue weighted by molar-refractivity contribution is -0.131. The third-order valence-corrected chi connectivity index (χ3v) is 2.01. The van der Waals surface area contributed by atoms with E-state index < -0.39 is 5.97 Å². The van der Waals surface area contributed by atoms with Crippen LogP contribution in [0, 0.1) is 0 Å². The van der Waals surface area contributed by atoms with Gasteiger partial charge in [0, 0.05) is 0 Å². The van der Waals surface area contributed by atoms with Crippen LogP contribution < -0.4 is 0 Å². The molecule has 0 radical (unpaired) electrons. The molecule has 0 unspecified atom stereocenters. The van der Waals surface area contributed by atoms with Crippen LogP contribution >= 0.6 is 0 Å². The van der Waals surface area contributed by atoms with Gasteiger partial charge in [-0.3, -0.25) is 0 Å². The van der Waals surface area contributed by atoms with E-state index in [1.54, 1.807) is 6.08 Å². The Balaban J connectivity index is 3.77. The second-order valence-electron chi connectivity index (χ2n) is 3.34. The molecule has 0 fully saturated rings. The number of methoxy groups -OCH3 is 1. The lowest BCUT2D eigenvalue weighted by Gasteiger charge is -1.98. The number of ether oxygens (including phenoxy) is 1. The average molecular weight is 212 g/mol. The van der Waals surface area contributed by atoms with Gasteiger partial charge in [-0.05, 0) is 18.9 Å². The minimum absolute atomic E-state index is 0.387. The van der Waals surface area contributed by atoms with E-state index in [9.17, 15) is 4.79 Å². The standard InChI is InChI=1S/C12H20O3/c1-3-4-5-6-7-8-9-11(15-2)10-12(13)14/h8-10H,3-7H2,1-2H3,(H,13,14)/b9-8+,11-10-. The van der Waals surface area contributed by atoms with E-state index in [0.29, 0.717) is 5.76 Å². The van der Waals surface area contributed by atoms with Gasteiger partial charge in [-0.1, -0.05) is 32.3 Å². The molecular weight excluding hydrogens is 192 g/mol. The molecule has 3 heteroatoms. The SMILES string of the molecule is CCCCCC/C=C/C(=C/C(=O)O)OC. The Morgan fingerprint density at radius 3 is 2.60 bits per heavy atom. The summed E-state index contributed by atoms with van der Waals surface area (Å²) in [6.07, 6.45) is 10.6. The molecule has 0 aliphatic carbocycles. The summed E-state index contributed by atoms with van der Waals surface area (Å²) < 4.78 is 4.88. The molecule has 0 rings (SSSR count). The third-order valence-electron chi connectivity index (χ3n) is 2.01. The van der Waals surface area contributed by atoms with Crippen molar-refractivity contribution < 1.29 is 14.6 Å². The molecule has 0 aliphatic heterocycles. The largest absolute Gasteiger partial charge is 0.497 e. The van der Waals surface area contributed by atoms with Gasteiger partial charge < -0.3 is 9.84 Å². The van der Waals surface area contributed by atoms with Crippen LogP contribution in [0.3, 0.4) is 0 Å². The quantitative estimate of drug-likeness (QED) is 0.291. The molecule has 15 heavy (non-hydrogen) atoms. The maximum absolute atomic E-state index is 10.4. The highest BCUT2D eigenvalue weighted by atomic mass is 16.5. The van der Waals surface area contributed by atoms with Gasteiger partial charge in [0.1, 0.15) is 5.76 Å². The van der Waals surface area contributed by atoms with Crippen molar-refractivity contribution >= 4 is 5.97 Å². The van der Waals surface area contributed by atoms with Crippen molar-refractivity contribution in [3.05, 3.63) is 24.0 Å². The molecule has 0 atom stereocenters. The Labute approximate surface area is 91.4 Å². The fourth-order valence-electron chi connectivity index (χ4n) is 1.19. The van der Waals surface area contributed by atoms with Crippen molar-refractivity contribution in [3.8, 4) is 0 Å². The Kier molecular flexibility index (Phi) is 8.53. The van der Waals surface area contributed by atoms with Gasteiger partial charge in [-0.15, -0.1) is 0 Å². The molecule has 0 heterocycles. The van der Waals surface area contributed by atoms with Gasteiger partial charge >= 0.3 is 5.97 Å². The number of carboxylic acid groups (broad SMARTS) is 1. The van der Waals surface area contributed by atoms with Gasteiger partial charge in [-0.25, -0.2) is 4.79 Å². The van der Waals surface area contributed by atoms with E-state index in [-0.39, 0.29) is 0 Å². The third kappa shape index (κ3) is 9.06. The highest BCUT2D eigenvalue weighted by molar-refractivity contribution is 5.80. The fraction of sp³-hybridized carbons (Fsp3) is 0.583. The van der Waals surface area contributed by atoms with E-state index in [4.69, 9.17) is 9.84 Å². The second-order valence-corrected chi connectivity index (χ2v) is 3.34. The van der Waals surface area contributed by atoms with Crippen LogP contribution in [-0.2, 0) is 9.53 Å². The molecule has 86 valence electrons. The summed E-state index contributed by atoms with van der Waals surface area (Å²) in [6, 6.07) is 0. The number of unbranched alkanes of at least 4 members (excludes halogenated alkanes) is 4. The van der Waals surface area contributed by atoms with Crippen molar-refractivity contribution in [2.45, 2.75) is 39.0 Å². The van der Waals surface area contributed by atoms with Gasteiger partial charge in [0.2, 0.25) is 0 Å². The van der Waals surface area contributed by atoms with Crippen LogP contribution in [0.25, 0.3) is 0 Å². The molecule has 0 saturated carbocycles. The van der Waals surface area contributed by atoms with Gasteiger partial charge in [-0.2, -0.15) is 0 Å². The van der Waals surface area contributed by atoms with Crippen LogP contribution in [0.5, 0.6) is 0 Å². The van der Waals surface area contributed by atoms with Gasteiger partial charge in [0.15, 0.2) is 0 Å². The summed E-state index contributed by atoms with van der Waals surface area (Å²) in [5.41, 5.74) is 0. The first-order chi connectivity index (χ1) is 7.20. The summed E-state index contributed by atoms with van der Waals surface area (Å²) in [5, 5.41) is 8.50.